The lowest BCUT2D eigenvalue weighted by Gasteiger charge is -2.30. The van der Waals surface area contributed by atoms with Crippen LogP contribution in [-0.4, -0.2) is 28.8 Å². The number of nitrogens with zero attached hydrogens (tertiary/aromatic N) is 3. The van der Waals surface area contributed by atoms with Crippen LogP contribution in [0.15, 0.2) is 60.9 Å². The van der Waals surface area contributed by atoms with Gasteiger partial charge in [-0.05, 0) is 61.2 Å². The predicted molar refractivity (Wildman–Crippen MR) is 108 cm³/mol. The summed E-state index contributed by atoms with van der Waals surface area (Å²) in [5, 5.41) is 7.08. The summed E-state index contributed by atoms with van der Waals surface area (Å²) in [6.45, 7) is 2.51. The van der Waals surface area contributed by atoms with Gasteiger partial charge in [0.15, 0.2) is 0 Å². The number of aromatic nitrogens is 2. The highest BCUT2D eigenvalue weighted by molar-refractivity contribution is 6.06. The van der Waals surface area contributed by atoms with Gasteiger partial charge in [-0.25, -0.2) is 4.39 Å². The van der Waals surface area contributed by atoms with Crippen molar-refractivity contribution in [1.82, 2.24) is 9.78 Å². The summed E-state index contributed by atoms with van der Waals surface area (Å²) < 4.78 is 15.6. The average molecular weight is 378 g/mol. The minimum absolute atomic E-state index is 0.241. The number of carbonyl (C=O) groups excluding carboxylic acids is 1. The highest BCUT2D eigenvalue weighted by Gasteiger charge is 2.17. The van der Waals surface area contributed by atoms with E-state index < -0.39 is 0 Å². The fourth-order valence-electron chi connectivity index (χ4n) is 3.56. The van der Waals surface area contributed by atoms with E-state index in [1.807, 2.05) is 29.1 Å². The van der Waals surface area contributed by atoms with Crippen molar-refractivity contribution in [3.8, 4) is 0 Å². The highest BCUT2D eigenvalue weighted by atomic mass is 19.1. The Labute approximate surface area is 163 Å². The van der Waals surface area contributed by atoms with E-state index in [-0.39, 0.29) is 11.7 Å². The molecule has 28 heavy (non-hydrogen) atoms. The zero-order chi connectivity index (χ0) is 19.3. The molecule has 5 nitrogen and oxygen atoms in total. The van der Waals surface area contributed by atoms with E-state index in [4.69, 9.17) is 0 Å². The molecule has 4 rings (SSSR count). The number of carbonyl (C=O) groups is 1. The lowest BCUT2D eigenvalue weighted by molar-refractivity contribution is 0.102. The molecular weight excluding hydrogens is 355 g/mol. The third-order valence-corrected chi connectivity index (χ3v) is 5.02. The molecule has 2 aromatic carbocycles. The van der Waals surface area contributed by atoms with Crippen LogP contribution in [-0.2, 0) is 6.54 Å². The van der Waals surface area contributed by atoms with E-state index in [9.17, 15) is 9.18 Å². The number of nitrogens with one attached hydrogen (secondary N) is 1. The van der Waals surface area contributed by atoms with Gasteiger partial charge in [0.2, 0.25) is 0 Å². The standard InChI is InChI=1S/C22H23FN4O/c23-19-9-10-21(26-12-2-1-3-13-26)20(15-19)25-22(28)18-7-5-17(6-8-18)16-27-14-4-11-24-27/h4-11,14-15H,1-3,12-13,16H2,(H,25,28). The minimum Gasteiger partial charge on any atom is -0.370 e. The molecule has 0 saturated carbocycles. The fraction of sp³-hybridized carbons (Fsp3) is 0.273. The molecule has 6 heteroatoms. The number of anilines is 2. The second-order valence-electron chi connectivity index (χ2n) is 7.06. The molecule has 1 aromatic heterocycles. The van der Waals surface area contributed by atoms with Crippen LogP contribution in [0.3, 0.4) is 0 Å². The number of hydrogen-bond acceptors (Lipinski definition) is 3. The fourth-order valence-corrected chi connectivity index (χ4v) is 3.56. The van der Waals surface area contributed by atoms with Crippen molar-refractivity contribution in [2.45, 2.75) is 25.8 Å². The zero-order valence-electron chi connectivity index (χ0n) is 15.6. The number of hydrogen-bond donors (Lipinski definition) is 1. The highest BCUT2D eigenvalue weighted by Crippen LogP contribution is 2.29. The Balaban J connectivity index is 1.49. The van der Waals surface area contributed by atoms with Crippen LogP contribution < -0.4 is 10.2 Å². The molecule has 144 valence electrons. The van der Waals surface area contributed by atoms with Crippen molar-refractivity contribution >= 4 is 17.3 Å². The van der Waals surface area contributed by atoms with Crippen LogP contribution >= 0.6 is 0 Å². The first-order valence-electron chi connectivity index (χ1n) is 9.61. The monoisotopic (exact) mass is 378 g/mol. The maximum absolute atomic E-state index is 13.8. The van der Waals surface area contributed by atoms with E-state index in [1.54, 1.807) is 24.4 Å². The Morgan fingerprint density at radius 1 is 1.07 bits per heavy atom. The predicted octanol–water partition coefficient (Wildman–Crippen LogP) is 4.31. The molecule has 2 heterocycles. The van der Waals surface area contributed by atoms with Crippen molar-refractivity contribution in [2.75, 3.05) is 23.3 Å². The quantitative estimate of drug-likeness (QED) is 0.720. The van der Waals surface area contributed by atoms with Gasteiger partial charge in [0, 0.05) is 31.0 Å². The molecule has 0 unspecified atom stereocenters. The molecule has 1 aliphatic rings. The van der Waals surface area contributed by atoms with Gasteiger partial charge in [0.1, 0.15) is 5.82 Å². The van der Waals surface area contributed by atoms with Crippen molar-refractivity contribution in [3.63, 3.8) is 0 Å². The van der Waals surface area contributed by atoms with Gasteiger partial charge < -0.3 is 10.2 Å². The molecule has 0 aliphatic carbocycles. The van der Waals surface area contributed by atoms with E-state index >= 15 is 0 Å². The van der Waals surface area contributed by atoms with Gasteiger partial charge in [-0.1, -0.05) is 12.1 Å². The molecule has 1 saturated heterocycles. The summed E-state index contributed by atoms with van der Waals surface area (Å²) in [5.74, 6) is -0.597. The molecule has 3 aromatic rings. The van der Waals surface area contributed by atoms with Gasteiger partial charge in [0.05, 0.1) is 17.9 Å². The van der Waals surface area contributed by atoms with E-state index in [0.717, 1.165) is 37.2 Å². The third-order valence-electron chi connectivity index (χ3n) is 5.02. The summed E-state index contributed by atoms with van der Waals surface area (Å²) in [5.41, 5.74) is 3.00. The summed E-state index contributed by atoms with van der Waals surface area (Å²) in [4.78, 5) is 14.9. The van der Waals surface area contributed by atoms with Crippen molar-refractivity contribution in [1.29, 1.82) is 0 Å². The van der Waals surface area contributed by atoms with Crippen LogP contribution in [0.4, 0.5) is 15.8 Å². The molecule has 1 amide bonds. The van der Waals surface area contributed by atoms with Crippen molar-refractivity contribution in [3.05, 3.63) is 77.9 Å². The van der Waals surface area contributed by atoms with Crippen molar-refractivity contribution < 1.29 is 9.18 Å². The van der Waals surface area contributed by atoms with Crippen LogP contribution in [0.1, 0.15) is 35.2 Å². The number of piperidine rings is 1. The van der Waals surface area contributed by atoms with Gasteiger partial charge in [0.25, 0.3) is 5.91 Å². The van der Waals surface area contributed by atoms with E-state index in [1.165, 1.54) is 18.6 Å². The Bertz CT molecular complexity index is 932. The first-order valence-corrected chi connectivity index (χ1v) is 9.61. The van der Waals surface area contributed by atoms with Crippen LogP contribution in [0, 0.1) is 5.82 Å². The summed E-state index contributed by atoms with van der Waals surface area (Å²) in [6, 6.07) is 13.9. The molecule has 1 N–H and O–H groups in total. The summed E-state index contributed by atoms with van der Waals surface area (Å²) in [6.07, 6.45) is 7.07. The number of amides is 1. The molecule has 0 radical (unpaired) electrons. The lowest BCUT2D eigenvalue weighted by Crippen LogP contribution is -2.30. The second-order valence-corrected chi connectivity index (χ2v) is 7.06. The van der Waals surface area contributed by atoms with Gasteiger partial charge >= 0.3 is 0 Å². The smallest absolute Gasteiger partial charge is 0.255 e. The number of benzene rings is 2. The minimum atomic E-state index is -0.356. The molecule has 1 fully saturated rings. The largest absolute Gasteiger partial charge is 0.370 e. The van der Waals surface area contributed by atoms with Crippen LogP contribution in [0.25, 0.3) is 0 Å². The van der Waals surface area contributed by atoms with Gasteiger partial charge in [-0.2, -0.15) is 5.10 Å². The Hall–Kier alpha value is -3.15. The van der Waals surface area contributed by atoms with Gasteiger partial charge in [-0.3, -0.25) is 9.48 Å². The number of halogens is 1. The molecule has 0 bridgehead atoms. The maximum Gasteiger partial charge on any atom is 0.255 e. The Kier molecular flexibility index (Phi) is 5.37. The Morgan fingerprint density at radius 3 is 2.57 bits per heavy atom. The maximum atomic E-state index is 13.8. The summed E-state index contributed by atoms with van der Waals surface area (Å²) >= 11 is 0. The topological polar surface area (TPSA) is 50.2 Å². The molecule has 0 spiro atoms. The van der Waals surface area contributed by atoms with Crippen molar-refractivity contribution in [2.24, 2.45) is 0 Å². The molecule has 1 aliphatic heterocycles. The normalized spacial score (nSPS) is 14.1. The summed E-state index contributed by atoms with van der Waals surface area (Å²) in [7, 11) is 0. The van der Waals surface area contributed by atoms with Crippen LogP contribution in [0.5, 0.6) is 0 Å². The molecular formula is C22H23FN4O. The van der Waals surface area contributed by atoms with E-state index in [2.05, 4.69) is 15.3 Å². The SMILES string of the molecule is O=C(Nc1cc(F)ccc1N1CCCCC1)c1ccc(Cn2cccn2)cc1. The number of rotatable bonds is 5. The first kappa shape index (κ1) is 18.2. The van der Waals surface area contributed by atoms with Gasteiger partial charge in [-0.15, -0.1) is 0 Å². The average Bonchev–Trinajstić information content (AvgIpc) is 3.22. The zero-order valence-corrected chi connectivity index (χ0v) is 15.6. The second kappa shape index (κ2) is 8.25. The molecule has 0 atom stereocenters. The lowest BCUT2D eigenvalue weighted by atomic mass is 10.1. The Morgan fingerprint density at radius 2 is 1.86 bits per heavy atom. The first-order chi connectivity index (χ1) is 13.7. The van der Waals surface area contributed by atoms with E-state index in [0.29, 0.717) is 17.8 Å². The van der Waals surface area contributed by atoms with Crippen LogP contribution in [0.2, 0.25) is 0 Å². The third kappa shape index (κ3) is 4.22.